The molecule has 21 heavy (non-hydrogen) atoms. The van der Waals surface area contributed by atoms with Gasteiger partial charge in [-0.1, -0.05) is 11.8 Å². The van der Waals surface area contributed by atoms with Crippen LogP contribution in [0.1, 0.15) is 30.4 Å². The number of rotatable bonds is 1. The molecule has 1 aliphatic heterocycles. The van der Waals surface area contributed by atoms with E-state index in [0.717, 1.165) is 30.4 Å². The lowest BCUT2D eigenvalue weighted by molar-refractivity contribution is -0.133. The standard InChI is InChI=1S/C17H18N2O2/c1-11-9-12(3-2-8-18)4-7-15(11)19-16(20)13-5-6-14(10-13)17(19)21/h4,7,9,13-14H,5-6,8,10,18H2,1H3. The van der Waals surface area contributed by atoms with Crippen molar-refractivity contribution in [1.82, 2.24) is 0 Å². The topological polar surface area (TPSA) is 63.4 Å². The number of anilines is 1. The second-order valence-electron chi connectivity index (χ2n) is 5.73. The van der Waals surface area contributed by atoms with Crippen LogP contribution in [0.15, 0.2) is 18.2 Å². The first-order valence-electron chi connectivity index (χ1n) is 7.29. The highest BCUT2D eigenvalue weighted by Crippen LogP contribution is 2.40. The van der Waals surface area contributed by atoms with Gasteiger partial charge < -0.3 is 5.73 Å². The Morgan fingerprint density at radius 1 is 1.24 bits per heavy atom. The number of benzene rings is 1. The van der Waals surface area contributed by atoms with E-state index in [-0.39, 0.29) is 23.7 Å². The van der Waals surface area contributed by atoms with Gasteiger partial charge in [-0.05, 0) is 49.9 Å². The van der Waals surface area contributed by atoms with Crippen LogP contribution in [0.25, 0.3) is 0 Å². The SMILES string of the molecule is Cc1cc(C#CCN)ccc1N1C(=O)C2CCC(C2)C1=O. The predicted molar refractivity (Wildman–Crippen MR) is 80.4 cm³/mol. The Bertz CT molecular complexity index is 647. The normalized spacial score (nSPS) is 24.0. The lowest BCUT2D eigenvalue weighted by atomic mass is 9.95. The lowest BCUT2D eigenvalue weighted by Crippen LogP contribution is -2.46. The zero-order valence-corrected chi connectivity index (χ0v) is 12.1. The van der Waals surface area contributed by atoms with Crippen molar-refractivity contribution < 1.29 is 9.59 Å². The number of carbonyl (C=O) groups is 2. The highest BCUT2D eigenvalue weighted by atomic mass is 16.2. The Kier molecular flexibility index (Phi) is 3.52. The van der Waals surface area contributed by atoms with Crippen LogP contribution in [0.4, 0.5) is 5.69 Å². The summed E-state index contributed by atoms with van der Waals surface area (Å²) < 4.78 is 0. The number of imide groups is 1. The average molecular weight is 282 g/mol. The van der Waals surface area contributed by atoms with Crippen LogP contribution in [0.3, 0.4) is 0 Å². The molecule has 1 aromatic rings. The summed E-state index contributed by atoms with van der Waals surface area (Å²) >= 11 is 0. The Balaban J connectivity index is 1.96. The van der Waals surface area contributed by atoms with E-state index in [0.29, 0.717) is 12.2 Å². The van der Waals surface area contributed by atoms with Gasteiger partial charge in [-0.2, -0.15) is 0 Å². The summed E-state index contributed by atoms with van der Waals surface area (Å²) in [5, 5.41) is 0. The highest BCUT2D eigenvalue weighted by Gasteiger charge is 2.46. The maximum Gasteiger partial charge on any atom is 0.236 e. The molecule has 3 rings (SSSR count). The number of hydrogen-bond acceptors (Lipinski definition) is 3. The number of carbonyl (C=O) groups excluding carboxylic acids is 2. The summed E-state index contributed by atoms with van der Waals surface area (Å²) in [6.45, 7) is 2.22. The number of aryl methyl sites for hydroxylation is 1. The molecular weight excluding hydrogens is 264 g/mol. The summed E-state index contributed by atoms with van der Waals surface area (Å²) in [6, 6.07) is 5.55. The minimum absolute atomic E-state index is 0.0174. The van der Waals surface area contributed by atoms with E-state index in [2.05, 4.69) is 11.8 Å². The summed E-state index contributed by atoms with van der Waals surface area (Å²) in [4.78, 5) is 26.3. The maximum atomic E-state index is 12.5. The van der Waals surface area contributed by atoms with E-state index in [9.17, 15) is 9.59 Å². The minimum atomic E-state index is -0.0438. The molecule has 0 aromatic heterocycles. The first-order chi connectivity index (χ1) is 10.1. The van der Waals surface area contributed by atoms with Gasteiger partial charge in [0.15, 0.2) is 0 Å². The number of nitrogens with zero attached hydrogens (tertiary/aromatic N) is 1. The van der Waals surface area contributed by atoms with Crippen molar-refractivity contribution in [3.05, 3.63) is 29.3 Å². The fourth-order valence-corrected chi connectivity index (χ4v) is 3.28. The molecule has 2 N–H and O–H groups in total. The number of nitrogens with two attached hydrogens (primary N) is 1. The van der Waals surface area contributed by atoms with Gasteiger partial charge in [0, 0.05) is 17.4 Å². The summed E-state index contributed by atoms with van der Waals surface area (Å²) in [5.74, 6) is 5.71. The number of hydrogen-bond donors (Lipinski definition) is 1. The van der Waals surface area contributed by atoms with E-state index in [1.54, 1.807) is 0 Å². The van der Waals surface area contributed by atoms with E-state index in [1.165, 1.54) is 4.90 Å². The third-order valence-electron chi connectivity index (χ3n) is 4.34. The fraction of sp³-hybridized carbons (Fsp3) is 0.412. The van der Waals surface area contributed by atoms with Crippen LogP contribution < -0.4 is 10.6 Å². The molecule has 2 fully saturated rings. The molecule has 0 radical (unpaired) electrons. The molecule has 2 amide bonds. The third-order valence-corrected chi connectivity index (χ3v) is 4.34. The van der Waals surface area contributed by atoms with Gasteiger partial charge in [0.2, 0.25) is 11.8 Å². The van der Waals surface area contributed by atoms with Crippen molar-refractivity contribution in [3.63, 3.8) is 0 Å². The quantitative estimate of drug-likeness (QED) is 0.628. The summed E-state index contributed by atoms with van der Waals surface area (Å²) in [7, 11) is 0. The van der Waals surface area contributed by atoms with Gasteiger partial charge in [0.25, 0.3) is 0 Å². The zero-order valence-electron chi connectivity index (χ0n) is 12.1. The molecule has 4 heteroatoms. The van der Waals surface area contributed by atoms with E-state index < -0.39 is 0 Å². The highest BCUT2D eigenvalue weighted by molar-refractivity contribution is 6.19. The first-order valence-corrected chi connectivity index (χ1v) is 7.29. The van der Waals surface area contributed by atoms with E-state index in [4.69, 9.17) is 5.73 Å². The molecular formula is C17H18N2O2. The molecule has 2 bridgehead atoms. The minimum Gasteiger partial charge on any atom is -0.320 e. The second kappa shape index (κ2) is 5.34. The van der Waals surface area contributed by atoms with Crippen molar-refractivity contribution in [2.45, 2.75) is 26.2 Å². The molecule has 4 nitrogen and oxygen atoms in total. The lowest BCUT2D eigenvalue weighted by Gasteiger charge is -2.30. The van der Waals surface area contributed by atoms with E-state index >= 15 is 0 Å². The Hall–Kier alpha value is -2.12. The average Bonchev–Trinajstić information content (AvgIpc) is 2.92. The van der Waals surface area contributed by atoms with Gasteiger partial charge in [-0.25, -0.2) is 4.90 Å². The van der Waals surface area contributed by atoms with E-state index in [1.807, 2.05) is 25.1 Å². The number of fused-ring (bicyclic) bond motifs is 2. The Morgan fingerprint density at radius 2 is 1.90 bits per heavy atom. The molecule has 0 spiro atoms. The van der Waals surface area contributed by atoms with Crippen LogP contribution in [0.2, 0.25) is 0 Å². The van der Waals surface area contributed by atoms with Gasteiger partial charge in [-0.15, -0.1) is 0 Å². The third kappa shape index (κ3) is 2.34. The zero-order chi connectivity index (χ0) is 15.0. The summed E-state index contributed by atoms with van der Waals surface area (Å²) in [5.41, 5.74) is 7.80. The maximum absolute atomic E-state index is 12.5. The first kappa shape index (κ1) is 13.8. The van der Waals surface area contributed by atoms with Crippen molar-refractivity contribution in [2.24, 2.45) is 17.6 Å². The molecule has 108 valence electrons. The molecule has 2 aliphatic rings. The van der Waals surface area contributed by atoms with Crippen LogP contribution >= 0.6 is 0 Å². The van der Waals surface area contributed by atoms with Crippen molar-refractivity contribution >= 4 is 17.5 Å². The van der Waals surface area contributed by atoms with Crippen molar-refractivity contribution in [3.8, 4) is 11.8 Å². The monoisotopic (exact) mass is 282 g/mol. The van der Waals surface area contributed by atoms with Crippen molar-refractivity contribution in [1.29, 1.82) is 0 Å². The number of piperidine rings is 1. The van der Waals surface area contributed by atoms with Gasteiger partial charge in [0.05, 0.1) is 12.2 Å². The smallest absolute Gasteiger partial charge is 0.236 e. The molecule has 2 atom stereocenters. The number of amides is 2. The molecule has 1 saturated heterocycles. The van der Waals surface area contributed by atoms with Gasteiger partial charge >= 0.3 is 0 Å². The molecule has 1 heterocycles. The van der Waals surface area contributed by atoms with Crippen LogP contribution in [-0.2, 0) is 9.59 Å². The van der Waals surface area contributed by atoms with Crippen molar-refractivity contribution in [2.75, 3.05) is 11.4 Å². The predicted octanol–water partition coefficient (Wildman–Crippen LogP) is 1.59. The molecule has 2 unspecified atom stereocenters. The van der Waals surface area contributed by atoms with Gasteiger partial charge in [0.1, 0.15) is 0 Å². The largest absolute Gasteiger partial charge is 0.320 e. The summed E-state index contributed by atoms with van der Waals surface area (Å²) in [6.07, 6.45) is 2.41. The fourth-order valence-electron chi connectivity index (χ4n) is 3.28. The second-order valence-corrected chi connectivity index (χ2v) is 5.73. The molecule has 1 saturated carbocycles. The molecule has 1 aromatic carbocycles. The van der Waals surface area contributed by atoms with Crippen LogP contribution in [0.5, 0.6) is 0 Å². The van der Waals surface area contributed by atoms with Crippen LogP contribution in [0, 0.1) is 30.6 Å². The molecule has 1 aliphatic carbocycles. The Morgan fingerprint density at radius 3 is 2.48 bits per heavy atom. The Labute approximate surface area is 124 Å². The van der Waals surface area contributed by atoms with Gasteiger partial charge in [-0.3, -0.25) is 9.59 Å². The van der Waals surface area contributed by atoms with Crippen LogP contribution in [-0.4, -0.2) is 18.4 Å².